The van der Waals surface area contributed by atoms with Crippen molar-refractivity contribution in [3.63, 3.8) is 0 Å². The molecule has 0 aromatic carbocycles. The molecule has 1 N–H and O–H groups in total. The van der Waals surface area contributed by atoms with E-state index in [1.165, 1.54) is 32.1 Å². The van der Waals surface area contributed by atoms with Crippen molar-refractivity contribution in [2.75, 3.05) is 19.0 Å². The monoisotopic (exact) mass is 261 g/mol. The second-order valence-corrected chi connectivity index (χ2v) is 5.71. The lowest BCUT2D eigenvalue weighted by Crippen LogP contribution is -2.35. The van der Waals surface area contributed by atoms with E-state index in [9.17, 15) is 0 Å². The van der Waals surface area contributed by atoms with E-state index in [1.54, 1.807) is 0 Å². The van der Waals surface area contributed by atoms with Gasteiger partial charge in [-0.1, -0.05) is 19.4 Å². The highest BCUT2D eigenvalue weighted by molar-refractivity contribution is 5.39. The van der Waals surface area contributed by atoms with E-state index >= 15 is 0 Å². The largest absolute Gasteiger partial charge is 0.357 e. The van der Waals surface area contributed by atoms with E-state index in [2.05, 4.69) is 42.4 Å². The van der Waals surface area contributed by atoms with E-state index in [-0.39, 0.29) is 0 Å². The number of anilines is 1. The maximum Gasteiger partial charge on any atom is 0.128 e. The van der Waals surface area contributed by atoms with E-state index in [4.69, 9.17) is 4.98 Å². The standard InChI is InChI=1S/C16H27N3/c1-4-13-8-10-15(11-9-13)19(3)16-7-5-6-14(18-16)12-17-2/h5-7,13,15,17H,4,8-12H2,1-3H3. The summed E-state index contributed by atoms with van der Waals surface area (Å²) in [6.07, 6.45) is 6.72. The second-order valence-electron chi connectivity index (χ2n) is 5.71. The van der Waals surface area contributed by atoms with Gasteiger partial charge in [-0.3, -0.25) is 0 Å². The molecular weight excluding hydrogens is 234 g/mol. The molecule has 1 heterocycles. The molecule has 0 bridgehead atoms. The fourth-order valence-corrected chi connectivity index (χ4v) is 3.07. The highest BCUT2D eigenvalue weighted by Crippen LogP contribution is 2.30. The van der Waals surface area contributed by atoms with Crippen LogP contribution in [0, 0.1) is 5.92 Å². The molecule has 3 nitrogen and oxygen atoms in total. The van der Waals surface area contributed by atoms with Crippen LogP contribution in [0.3, 0.4) is 0 Å². The van der Waals surface area contributed by atoms with Crippen LogP contribution in [0.15, 0.2) is 18.2 Å². The van der Waals surface area contributed by atoms with Crippen molar-refractivity contribution in [1.29, 1.82) is 0 Å². The lowest BCUT2D eigenvalue weighted by atomic mass is 9.84. The van der Waals surface area contributed by atoms with Gasteiger partial charge in [0, 0.05) is 19.6 Å². The van der Waals surface area contributed by atoms with Gasteiger partial charge < -0.3 is 10.2 Å². The summed E-state index contributed by atoms with van der Waals surface area (Å²) in [7, 11) is 4.16. The SMILES string of the molecule is CCC1CCC(N(C)c2cccc(CNC)n2)CC1. The maximum absolute atomic E-state index is 4.74. The van der Waals surface area contributed by atoms with Gasteiger partial charge in [0.1, 0.15) is 5.82 Å². The van der Waals surface area contributed by atoms with Crippen LogP contribution in [0.25, 0.3) is 0 Å². The Hall–Kier alpha value is -1.09. The zero-order valence-electron chi connectivity index (χ0n) is 12.5. The average molecular weight is 261 g/mol. The van der Waals surface area contributed by atoms with E-state index in [0.717, 1.165) is 24.0 Å². The summed E-state index contributed by atoms with van der Waals surface area (Å²) in [5.74, 6) is 2.07. The van der Waals surface area contributed by atoms with Crippen LogP contribution >= 0.6 is 0 Å². The van der Waals surface area contributed by atoms with Gasteiger partial charge in [-0.25, -0.2) is 4.98 Å². The maximum atomic E-state index is 4.74. The number of hydrogen-bond acceptors (Lipinski definition) is 3. The van der Waals surface area contributed by atoms with Crippen molar-refractivity contribution < 1.29 is 0 Å². The van der Waals surface area contributed by atoms with Crippen LogP contribution < -0.4 is 10.2 Å². The van der Waals surface area contributed by atoms with Crippen LogP contribution in [-0.4, -0.2) is 25.1 Å². The van der Waals surface area contributed by atoms with Crippen LogP contribution in [0.5, 0.6) is 0 Å². The molecule has 1 aliphatic rings. The van der Waals surface area contributed by atoms with Gasteiger partial charge in [-0.2, -0.15) is 0 Å². The summed E-state index contributed by atoms with van der Waals surface area (Å²) in [5.41, 5.74) is 1.12. The zero-order valence-corrected chi connectivity index (χ0v) is 12.5. The zero-order chi connectivity index (χ0) is 13.7. The van der Waals surface area contributed by atoms with Gasteiger partial charge in [-0.05, 0) is 50.8 Å². The Kier molecular flexibility index (Phi) is 5.20. The lowest BCUT2D eigenvalue weighted by molar-refractivity contribution is 0.313. The van der Waals surface area contributed by atoms with E-state index in [0.29, 0.717) is 6.04 Å². The summed E-state index contributed by atoms with van der Waals surface area (Å²) < 4.78 is 0. The van der Waals surface area contributed by atoms with Crippen LogP contribution in [0.2, 0.25) is 0 Å². The number of rotatable bonds is 5. The van der Waals surface area contributed by atoms with Gasteiger partial charge >= 0.3 is 0 Å². The Bertz CT molecular complexity index is 383. The fourth-order valence-electron chi connectivity index (χ4n) is 3.07. The van der Waals surface area contributed by atoms with Gasteiger partial charge in [-0.15, -0.1) is 0 Å². The summed E-state index contributed by atoms with van der Waals surface area (Å²) in [6, 6.07) is 7.00. The first-order chi connectivity index (χ1) is 9.24. The molecule has 1 aliphatic carbocycles. The van der Waals surface area contributed by atoms with Gasteiger partial charge in [0.2, 0.25) is 0 Å². The summed E-state index contributed by atoms with van der Waals surface area (Å²) in [6.45, 7) is 3.15. The van der Waals surface area contributed by atoms with Gasteiger partial charge in [0.05, 0.1) is 5.69 Å². The van der Waals surface area contributed by atoms with E-state index < -0.39 is 0 Å². The van der Waals surface area contributed by atoms with E-state index in [1.807, 2.05) is 7.05 Å². The molecule has 0 saturated heterocycles. The third kappa shape index (κ3) is 3.69. The normalized spacial score (nSPS) is 23.3. The van der Waals surface area contributed by atoms with Gasteiger partial charge in [0.25, 0.3) is 0 Å². The molecule has 19 heavy (non-hydrogen) atoms. The minimum atomic E-state index is 0.667. The molecule has 0 radical (unpaired) electrons. The molecule has 0 amide bonds. The predicted molar refractivity (Wildman–Crippen MR) is 81.4 cm³/mol. The van der Waals surface area contributed by atoms with Gasteiger partial charge in [0.15, 0.2) is 0 Å². The molecule has 1 fully saturated rings. The molecule has 3 heteroatoms. The second kappa shape index (κ2) is 6.90. The molecule has 0 spiro atoms. The van der Waals surface area contributed by atoms with Crippen molar-refractivity contribution >= 4 is 5.82 Å². The quantitative estimate of drug-likeness (QED) is 0.882. The first-order valence-corrected chi connectivity index (χ1v) is 7.58. The topological polar surface area (TPSA) is 28.2 Å². The Morgan fingerprint density at radius 3 is 2.63 bits per heavy atom. The summed E-state index contributed by atoms with van der Waals surface area (Å²) in [4.78, 5) is 7.12. The molecule has 1 aromatic heterocycles. The number of nitrogens with one attached hydrogen (secondary N) is 1. The smallest absolute Gasteiger partial charge is 0.128 e. The van der Waals surface area contributed by atoms with Crippen LogP contribution in [0.1, 0.15) is 44.7 Å². The lowest BCUT2D eigenvalue weighted by Gasteiger charge is -2.35. The molecule has 1 saturated carbocycles. The van der Waals surface area contributed by atoms with Crippen molar-refractivity contribution in [3.05, 3.63) is 23.9 Å². The Morgan fingerprint density at radius 2 is 2.00 bits per heavy atom. The molecule has 1 aromatic rings. The van der Waals surface area contributed by atoms with Crippen molar-refractivity contribution in [2.45, 2.75) is 51.6 Å². The Balaban J connectivity index is 1.99. The average Bonchev–Trinajstić information content (AvgIpc) is 2.47. The molecule has 0 atom stereocenters. The molecule has 106 valence electrons. The highest BCUT2D eigenvalue weighted by atomic mass is 15.2. The van der Waals surface area contributed by atoms with Crippen molar-refractivity contribution in [3.8, 4) is 0 Å². The van der Waals surface area contributed by atoms with Crippen molar-refractivity contribution in [1.82, 2.24) is 10.3 Å². The molecule has 0 aliphatic heterocycles. The van der Waals surface area contributed by atoms with Crippen molar-refractivity contribution in [2.24, 2.45) is 5.92 Å². The first-order valence-electron chi connectivity index (χ1n) is 7.58. The highest BCUT2D eigenvalue weighted by Gasteiger charge is 2.23. The minimum absolute atomic E-state index is 0.667. The first kappa shape index (κ1) is 14.3. The summed E-state index contributed by atoms with van der Waals surface area (Å²) >= 11 is 0. The van der Waals surface area contributed by atoms with Crippen LogP contribution in [0.4, 0.5) is 5.82 Å². The number of hydrogen-bond donors (Lipinski definition) is 1. The number of aromatic nitrogens is 1. The number of pyridine rings is 1. The summed E-state index contributed by atoms with van der Waals surface area (Å²) in [5, 5.41) is 3.16. The Morgan fingerprint density at radius 1 is 1.26 bits per heavy atom. The molecule has 0 unspecified atom stereocenters. The number of nitrogens with zero attached hydrogens (tertiary/aromatic N) is 2. The molecule has 2 rings (SSSR count). The predicted octanol–water partition coefficient (Wildman–Crippen LogP) is 3.21. The fraction of sp³-hybridized carbons (Fsp3) is 0.688. The minimum Gasteiger partial charge on any atom is -0.357 e. The Labute approximate surface area is 117 Å². The molecular formula is C16H27N3. The third-order valence-electron chi connectivity index (χ3n) is 4.45. The third-order valence-corrected chi connectivity index (χ3v) is 4.45. The van der Waals surface area contributed by atoms with Crippen LogP contribution in [-0.2, 0) is 6.54 Å².